The zero-order valence-corrected chi connectivity index (χ0v) is 12.2. The molecule has 1 atom stereocenters. The van der Waals surface area contributed by atoms with Gasteiger partial charge in [-0.1, -0.05) is 0 Å². The van der Waals surface area contributed by atoms with Crippen molar-refractivity contribution in [1.29, 1.82) is 0 Å². The molecule has 2 aliphatic heterocycles. The van der Waals surface area contributed by atoms with E-state index >= 15 is 0 Å². The summed E-state index contributed by atoms with van der Waals surface area (Å²) >= 11 is 0. The summed E-state index contributed by atoms with van der Waals surface area (Å²) in [7, 11) is 2.02. The van der Waals surface area contributed by atoms with E-state index in [4.69, 9.17) is 0 Å². The van der Waals surface area contributed by atoms with Crippen LogP contribution in [0.5, 0.6) is 0 Å². The minimum absolute atomic E-state index is 0.808. The molecule has 0 bridgehead atoms. The topological polar surface area (TPSA) is 33.1 Å². The fourth-order valence-corrected chi connectivity index (χ4v) is 3.57. The Morgan fingerprint density at radius 2 is 2.11 bits per heavy atom. The summed E-state index contributed by atoms with van der Waals surface area (Å²) in [6, 6.07) is 0.808. The van der Waals surface area contributed by atoms with Crippen molar-refractivity contribution in [3.8, 4) is 0 Å². The van der Waals surface area contributed by atoms with Crippen molar-refractivity contribution in [2.75, 3.05) is 19.6 Å². The molecule has 2 aliphatic rings. The Balaban J connectivity index is 1.51. The van der Waals surface area contributed by atoms with Crippen molar-refractivity contribution in [3.63, 3.8) is 0 Å². The summed E-state index contributed by atoms with van der Waals surface area (Å²) in [4.78, 5) is 2.59. The second-order valence-electron chi connectivity index (χ2n) is 6.20. The average molecular weight is 262 g/mol. The molecule has 0 aliphatic carbocycles. The van der Waals surface area contributed by atoms with Gasteiger partial charge in [0.25, 0.3) is 0 Å². The molecule has 2 fully saturated rings. The molecule has 1 aromatic heterocycles. The number of hydrogen-bond donors (Lipinski definition) is 1. The van der Waals surface area contributed by atoms with Crippen LogP contribution in [0.25, 0.3) is 0 Å². The van der Waals surface area contributed by atoms with E-state index < -0.39 is 0 Å². The Kier molecular flexibility index (Phi) is 3.89. The lowest BCUT2D eigenvalue weighted by Gasteiger charge is -2.34. The van der Waals surface area contributed by atoms with Gasteiger partial charge in [0.1, 0.15) is 0 Å². The first kappa shape index (κ1) is 13.1. The van der Waals surface area contributed by atoms with Crippen LogP contribution in [0.2, 0.25) is 0 Å². The number of piperidine rings is 1. The van der Waals surface area contributed by atoms with Crippen molar-refractivity contribution in [2.24, 2.45) is 13.0 Å². The van der Waals surface area contributed by atoms with Gasteiger partial charge >= 0.3 is 0 Å². The van der Waals surface area contributed by atoms with Crippen LogP contribution in [0.3, 0.4) is 0 Å². The molecular formula is C15H26N4. The molecule has 1 aromatic rings. The predicted octanol–water partition coefficient (Wildman–Crippen LogP) is 1.69. The second-order valence-corrected chi connectivity index (χ2v) is 6.20. The van der Waals surface area contributed by atoms with Gasteiger partial charge in [-0.3, -0.25) is 9.58 Å². The van der Waals surface area contributed by atoms with Gasteiger partial charge in [0, 0.05) is 30.9 Å². The first-order valence-corrected chi connectivity index (χ1v) is 7.67. The highest BCUT2D eigenvalue weighted by molar-refractivity contribution is 5.15. The van der Waals surface area contributed by atoms with Crippen LogP contribution in [-0.2, 0) is 13.6 Å². The highest BCUT2D eigenvalue weighted by Crippen LogP contribution is 2.26. The largest absolute Gasteiger partial charge is 0.314 e. The van der Waals surface area contributed by atoms with Gasteiger partial charge in [0.2, 0.25) is 0 Å². The molecule has 0 aromatic carbocycles. The van der Waals surface area contributed by atoms with Crippen molar-refractivity contribution in [1.82, 2.24) is 20.0 Å². The number of likely N-dealkylation sites (tertiary alicyclic amines) is 1. The van der Waals surface area contributed by atoms with Gasteiger partial charge in [0.05, 0.1) is 6.20 Å². The first-order valence-electron chi connectivity index (χ1n) is 7.67. The van der Waals surface area contributed by atoms with E-state index in [2.05, 4.69) is 22.2 Å². The molecule has 0 spiro atoms. The maximum absolute atomic E-state index is 4.34. The monoisotopic (exact) mass is 262 g/mol. The molecule has 19 heavy (non-hydrogen) atoms. The molecule has 2 saturated heterocycles. The number of aryl methyl sites for hydroxylation is 1. The van der Waals surface area contributed by atoms with Crippen molar-refractivity contribution in [2.45, 2.75) is 45.2 Å². The van der Waals surface area contributed by atoms with E-state index in [9.17, 15) is 0 Å². The average Bonchev–Trinajstić information content (AvgIpc) is 3.06. The quantitative estimate of drug-likeness (QED) is 0.900. The molecule has 0 radical (unpaired) electrons. The Morgan fingerprint density at radius 3 is 2.68 bits per heavy atom. The van der Waals surface area contributed by atoms with Gasteiger partial charge in [-0.25, -0.2) is 0 Å². The van der Waals surface area contributed by atoms with Crippen LogP contribution in [0.4, 0.5) is 0 Å². The highest BCUT2D eigenvalue weighted by Gasteiger charge is 2.28. The summed E-state index contributed by atoms with van der Waals surface area (Å²) in [5, 5.41) is 8.01. The van der Waals surface area contributed by atoms with Gasteiger partial charge in [-0.2, -0.15) is 5.10 Å². The second kappa shape index (κ2) is 5.63. The Morgan fingerprint density at radius 1 is 1.32 bits per heavy atom. The van der Waals surface area contributed by atoms with Crippen molar-refractivity contribution < 1.29 is 0 Å². The number of nitrogens with zero attached hydrogens (tertiary/aromatic N) is 3. The molecule has 4 heteroatoms. The van der Waals surface area contributed by atoms with Gasteiger partial charge in [0.15, 0.2) is 0 Å². The number of aromatic nitrogens is 2. The molecule has 3 heterocycles. The lowest BCUT2D eigenvalue weighted by Crippen LogP contribution is -2.40. The van der Waals surface area contributed by atoms with Crippen LogP contribution in [0.15, 0.2) is 6.20 Å². The lowest BCUT2D eigenvalue weighted by atomic mass is 9.88. The molecule has 106 valence electrons. The molecule has 4 nitrogen and oxygen atoms in total. The SMILES string of the molecule is Cc1c(CN2CCC(C3CCCN3)CC2)cnn1C. The van der Waals surface area contributed by atoms with Gasteiger partial charge in [-0.15, -0.1) is 0 Å². The number of nitrogens with one attached hydrogen (secondary N) is 1. The fraction of sp³-hybridized carbons (Fsp3) is 0.800. The van der Waals surface area contributed by atoms with Crippen LogP contribution < -0.4 is 5.32 Å². The molecular weight excluding hydrogens is 236 g/mol. The molecule has 3 rings (SSSR count). The zero-order chi connectivity index (χ0) is 13.2. The number of hydrogen-bond acceptors (Lipinski definition) is 3. The third-order valence-electron chi connectivity index (χ3n) is 5.03. The van der Waals surface area contributed by atoms with E-state index in [0.717, 1.165) is 18.5 Å². The van der Waals surface area contributed by atoms with Crippen LogP contribution in [0, 0.1) is 12.8 Å². The van der Waals surface area contributed by atoms with Crippen LogP contribution in [0.1, 0.15) is 36.9 Å². The smallest absolute Gasteiger partial charge is 0.0537 e. The fourth-order valence-electron chi connectivity index (χ4n) is 3.57. The standard InChI is InChI=1S/C15H26N4/c1-12-14(10-17-18(12)2)11-19-8-5-13(6-9-19)15-4-3-7-16-15/h10,13,15-16H,3-9,11H2,1-2H3. The summed E-state index contributed by atoms with van der Waals surface area (Å²) in [5.41, 5.74) is 2.69. The predicted molar refractivity (Wildman–Crippen MR) is 77.0 cm³/mol. The van der Waals surface area contributed by atoms with Crippen LogP contribution >= 0.6 is 0 Å². The Labute approximate surface area is 116 Å². The van der Waals surface area contributed by atoms with Crippen molar-refractivity contribution >= 4 is 0 Å². The van der Waals surface area contributed by atoms with E-state index in [0.29, 0.717) is 0 Å². The maximum Gasteiger partial charge on any atom is 0.0537 e. The minimum atomic E-state index is 0.808. The van der Waals surface area contributed by atoms with E-state index in [1.165, 1.54) is 56.6 Å². The zero-order valence-electron chi connectivity index (χ0n) is 12.2. The maximum atomic E-state index is 4.34. The normalized spacial score (nSPS) is 26.1. The van der Waals surface area contributed by atoms with Crippen molar-refractivity contribution in [3.05, 3.63) is 17.5 Å². The molecule has 1 unspecified atom stereocenters. The van der Waals surface area contributed by atoms with E-state index in [1.54, 1.807) is 0 Å². The van der Waals surface area contributed by atoms with E-state index in [-0.39, 0.29) is 0 Å². The Bertz CT molecular complexity index is 412. The van der Waals surface area contributed by atoms with Crippen LogP contribution in [-0.4, -0.2) is 40.4 Å². The molecule has 0 amide bonds. The molecule has 0 saturated carbocycles. The summed E-state index contributed by atoms with van der Waals surface area (Å²) in [5.74, 6) is 0.911. The molecule has 1 N–H and O–H groups in total. The summed E-state index contributed by atoms with van der Waals surface area (Å²) in [6.45, 7) is 6.97. The first-order chi connectivity index (χ1) is 9.24. The summed E-state index contributed by atoms with van der Waals surface area (Å²) < 4.78 is 1.98. The minimum Gasteiger partial charge on any atom is -0.314 e. The number of rotatable bonds is 3. The van der Waals surface area contributed by atoms with E-state index in [1.807, 2.05) is 17.9 Å². The van der Waals surface area contributed by atoms with Gasteiger partial charge in [-0.05, 0) is 58.2 Å². The highest BCUT2D eigenvalue weighted by atomic mass is 15.3. The van der Waals surface area contributed by atoms with Gasteiger partial charge < -0.3 is 5.32 Å². The third-order valence-corrected chi connectivity index (χ3v) is 5.03. The third kappa shape index (κ3) is 2.84. The summed E-state index contributed by atoms with van der Waals surface area (Å²) in [6.07, 6.45) is 7.51. The Hall–Kier alpha value is -0.870. The lowest BCUT2D eigenvalue weighted by molar-refractivity contribution is 0.157.